The Balaban J connectivity index is 1.59. The molecule has 1 aromatic heterocycles. The van der Waals surface area contributed by atoms with E-state index in [1.165, 1.54) is 0 Å². The lowest BCUT2D eigenvalue weighted by Crippen LogP contribution is -2.47. The van der Waals surface area contributed by atoms with Gasteiger partial charge in [0.1, 0.15) is 11.6 Å². The molecule has 2 amide bonds. The Morgan fingerprint density at radius 3 is 2.52 bits per heavy atom. The summed E-state index contributed by atoms with van der Waals surface area (Å²) in [6, 6.07) is 12.3. The molecule has 2 N–H and O–H groups in total. The number of anilines is 1. The smallest absolute Gasteiger partial charge is 0.408 e. The largest absolute Gasteiger partial charge is 0.444 e. The number of ether oxygens (including phenoxy) is 1. The van der Waals surface area contributed by atoms with Crippen molar-refractivity contribution in [3.8, 4) is 0 Å². The molecule has 31 heavy (non-hydrogen) atoms. The Morgan fingerprint density at radius 1 is 1.19 bits per heavy atom. The number of amides is 2. The van der Waals surface area contributed by atoms with Crippen LogP contribution in [0.25, 0.3) is 0 Å². The summed E-state index contributed by atoms with van der Waals surface area (Å²) in [6.45, 7) is 5.40. The third kappa shape index (κ3) is 6.98. The van der Waals surface area contributed by atoms with Crippen molar-refractivity contribution in [1.29, 1.82) is 0 Å². The van der Waals surface area contributed by atoms with E-state index >= 15 is 0 Å². The number of nitrogens with one attached hydrogen (secondary N) is 2. The van der Waals surface area contributed by atoms with E-state index in [1.54, 1.807) is 26.2 Å². The van der Waals surface area contributed by atoms with E-state index in [-0.39, 0.29) is 12.8 Å². The molecule has 0 aliphatic carbocycles. The molecule has 1 aliphatic rings. The second kappa shape index (κ2) is 10.3. The van der Waals surface area contributed by atoms with Crippen molar-refractivity contribution in [2.75, 3.05) is 25.0 Å². The summed E-state index contributed by atoms with van der Waals surface area (Å²) < 4.78 is 12.9. The normalized spacial score (nSPS) is 16.2. The number of rotatable bonds is 6. The minimum absolute atomic E-state index is 0.0641. The number of hydrogen-bond donors (Lipinski definition) is 2. The molecule has 0 spiro atoms. The third-order valence-corrected chi connectivity index (χ3v) is 5.21. The number of carbonyl (C=O) groups excluding carboxylic acids is 2. The first-order valence-corrected chi connectivity index (χ1v) is 10.6. The van der Waals surface area contributed by atoms with E-state index in [0.717, 1.165) is 25.1 Å². The summed E-state index contributed by atoms with van der Waals surface area (Å²) in [5.41, 5.74) is 0.828. The van der Waals surface area contributed by atoms with Gasteiger partial charge < -0.3 is 20.3 Å². The third-order valence-electron chi connectivity index (χ3n) is 5.21. The first kappa shape index (κ1) is 21.2. The first-order valence-electron chi connectivity index (χ1n) is 11.3. The van der Waals surface area contributed by atoms with Crippen LogP contribution in [0.5, 0.6) is 0 Å². The Bertz CT molecular complexity index is 871. The molecule has 7 heteroatoms. The van der Waals surface area contributed by atoms with Crippen LogP contribution in [0.2, 0.25) is 0 Å². The van der Waals surface area contributed by atoms with Crippen molar-refractivity contribution >= 4 is 17.7 Å². The molecule has 1 saturated heterocycles. The molecule has 1 unspecified atom stereocenters. The van der Waals surface area contributed by atoms with Crippen LogP contribution in [0.3, 0.4) is 0 Å². The van der Waals surface area contributed by atoms with E-state index in [2.05, 4.69) is 15.6 Å². The summed E-state index contributed by atoms with van der Waals surface area (Å²) in [4.78, 5) is 31.7. The highest BCUT2D eigenvalue weighted by molar-refractivity contribution is 5.87. The number of aromatic nitrogens is 1. The van der Waals surface area contributed by atoms with Crippen molar-refractivity contribution < 1.29 is 15.7 Å². The summed E-state index contributed by atoms with van der Waals surface area (Å²) in [5, 5.41) is 6.15. The van der Waals surface area contributed by atoms with Gasteiger partial charge in [-0.15, -0.1) is 0 Å². The number of hydrogen-bond acceptors (Lipinski definition) is 5. The zero-order valence-electron chi connectivity index (χ0n) is 19.2. The van der Waals surface area contributed by atoms with Crippen molar-refractivity contribution in [3.05, 3.63) is 60.4 Å². The standard InChI is InChI=1S/C24H32N4O3/c1-24(2,3)31-23(30)27-21(19-7-5-4-6-8-19)22(29)28-15-11-18(12-16-28)17-26-20-9-13-25-14-10-20/h4-10,13-14,18,21H,11-12,15-17H2,1-3H3,(H,25,26)(H,27,30)/i1D. The molecule has 1 aliphatic heterocycles. The van der Waals surface area contributed by atoms with Crippen LogP contribution in [0.4, 0.5) is 10.5 Å². The van der Waals surface area contributed by atoms with Gasteiger partial charge in [0.15, 0.2) is 0 Å². The predicted octanol–water partition coefficient (Wildman–Crippen LogP) is 4.00. The van der Waals surface area contributed by atoms with Crippen molar-refractivity contribution in [2.24, 2.45) is 5.92 Å². The molecule has 7 nitrogen and oxygen atoms in total. The Hall–Kier alpha value is -3.09. The first-order chi connectivity index (χ1) is 15.4. The van der Waals surface area contributed by atoms with Crippen LogP contribution in [0.15, 0.2) is 54.9 Å². The van der Waals surface area contributed by atoms with Gasteiger partial charge in [-0.05, 0) is 57.2 Å². The van der Waals surface area contributed by atoms with Crippen molar-refractivity contribution in [3.63, 3.8) is 0 Å². The summed E-state index contributed by atoms with van der Waals surface area (Å²) in [5.74, 6) is 0.329. The second-order valence-electron chi connectivity index (χ2n) is 8.52. The molecule has 166 valence electrons. The van der Waals surface area contributed by atoms with Crippen molar-refractivity contribution in [1.82, 2.24) is 15.2 Å². The number of alkyl carbamates (subject to hydrolysis) is 1. The number of pyridine rings is 1. The fourth-order valence-corrected chi connectivity index (χ4v) is 3.60. The molecule has 1 fully saturated rings. The SMILES string of the molecule is [2H]CC(C)(C)OC(=O)NC(C(=O)N1CCC(CNc2ccncc2)CC1)c1ccccc1. The maximum Gasteiger partial charge on any atom is 0.408 e. The van der Waals surface area contributed by atoms with Crippen LogP contribution in [0, 0.1) is 5.92 Å². The van der Waals surface area contributed by atoms with Gasteiger partial charge in [-0.2, -0.15) is 0 Å². The highest BCUT2D eigenvalue weighted by Gasteiger charge is 2.31. The van der Waals surface area contributed by atoms with E-state index in [0.29, 0.717) is 24.6 Å². The molecule has 0 saturated carbocycles. The lowest BCUT2D eigenvalue weighted by molar-refractivity contribution is -0.135. The lowest BCUT2D eigenvalue weighted by atomic mass is 9.95. The fourth-order valence-electron chi connectivity index (χ4n) is 3.60. The molecular weight excluding hydrogens is 392 g/mol. The fraction of sp³-hybridized carbons (Fsp3) is 0.458. The van der Waals surface area contributed by atoms with E-state index in [9.17, 15) is 9.59 Å². The van der Waals surface area contributed by atoms with Gasteiger partial charge in [0.25, 0.3) is 0 Å². The zero-order valence-corrected chi connectivity index (χ0v) is 18.2. The summed E-state index contributed by atoms with van der Waals surface area (Å²) in [7, 11) is 0. The van der Waals surface area contributed by atoms with Gasteiger partial charge in [0.05, 0.1) is 0 Å². The molecule has 1 atom stereocenters. The lowest BCUT2D eigenvalue weighted by Gasteiger charge is -2.35. The van der Waals surface area contributed by atoms with Crippen molar-refractivity contribution in [2.45, 2.75) is 45.2 Å². The van der Waals surface area contributed by atoms with Gasteiger partial charge in [0, 0.05) is 39.1 Å². The highest BCUT2D eigenvalue weighted by Crippen LogP contribution is 2.23. The molecule has 2 heterocycles. The number of likely N-dealkylation sites (tertiary alicyclic amines) is 1. The van der Waals surface area contributed by atoms with Gasteiger partial charge in [-0.25, -0.2) is 4.79 Å². The molecule has 0 radical (unpaired) electrons. The van der Waals surface area contributed by atoms with Crippen LogP contribution in [0.1, 0.15) is 46.6 Å². The number of nitrogens with zero attached hydrogens (tertiary/aromatic N) is 2. The molecule has 0 bridgehead atoms. The minimum Gasteiger partial charge on any atom is -0.444 e. The van der Waals surface area contributed by atoms with E-state index in [4.69, 9.17) is 6.11 Å². The molecule has 1 aromatic carbocycles. The zero-order chi connectivity index (χ0) is 23.0. The van der Waals surface area contributed by atoms with Gasteiger partial charge in [-0.3, -0.25) is 9.78 Å². The van der Waals surface area contributed by atoms with E-state index < -0.39 is 17.7 Å². The van der Waals surface area contributed by atoms with E-state index in [1.807, 2.05) is 47.4 Å². The Morgan fingerprint density at radius 2 is 1.87 bits per heavy atom. The van der Waals surface area contributed by atoms with Gasteiger partial charge in [0.2, 0.25) is 5.91 Å². The Kier molecular flexibility index (Phi) is 7.02. The van der Waals surface area contributed by atoms with Gasteiger partial charge >= 0.3 is 6.09 Å². The maximum absolute atomic E-state index is 13.4. The molecule has 2 aromatic rings. The number of benzene rings is 1. The molecular formula is C24H32N4O3. The maximum atomic E-state index is 13.4. The predicted molar refractivity (Wildman–Crippen MR) is 121 cm³/mol. The van der Waals surface area contributed by atoms with Crippen LogP contribution >= 0.6 is 0 Å². The second-order valence-corrected chi connectivity index (χ2v) is 8.52. The van der Waals surface area contributed by atoms with Gasteiger partial charge in [-0.1, -0.05) is 30.3 Å². The average molecular weight is 426 g/mol. The minimum atomic E-state index is -0.922. The summed E-state index contributed by atoms with van der Waals surface area (Å²) >= 11 is 0. The number of piperidine rings is 1. The average Bonchev–Trinajstić information content (AvgIpc) is 2.82. The van der Waals surface area contributed by atoms with Crippen LogP contribution in [-0.2, 0) is 9.53 Å². The van der Waals surface area contributed by atoms with Crippen LogP contribution < -0.4 is 10.6 Å². The van der Waals surface area contributed by atoms with Crippen LogP contribution in [-0.4, -0.2) is 47.1 Å². The monoisotopic (exact) mass is 425 g/mol. The topological polar surface area (TPSA) is 83.6 Å². The highest BCUT2D eigenvalue weighted by atomic mass is 16.6. The number of carbonyl (C=O) groups is 2. The Labute approximate surface area is 185 Å². The summed E-state index contributed by atoms with van der Waals surface area (Å²) in [6.07, 6.45) is 4.61. The quantitative estimate of drug-likeness (QED) is 0.731. The molecule has 3 rings (SSSR count).